The molecule has 1 aromatic rings. The molecule has 0 radical (unpaired) electrons. The van der Waals surface area contributed by atoms with E-state index in [1.165, 1.54) is 0 Å². The van der Waals surface area contributed by atoms with Crippen LogP contribution in [0.5, 0.6) is 0 Å². The van der Waals surface area contributed by atoms with Crippen molar-refractivity contribution in [3.63, 3.8) is 0 Å². The van der Waals surface area contributed by atoms with Crippen molar-refractivity contribution in [1.82, 2.24) is 5.32 Å². The van der Waals surface area contributed by atoms with E-state index in [0.717, 1.165) is 31.7 Å². The van der Waals surface area contributed by atoms with E-state index in [1.807, 2.05) is 0 Å². The predicted molar refractivity (Wildman–Crippen MR) is 71.9 cm³/mol. The Bertz CT molecular complexity index is 388. The van der Waals surface area contributed by atoms with Crippen LogP contribution in [0.2, 0.25) is 5.02 Å². The Morgan fingerprint density at radius 1 is 1.39 bits per heavy atom. The lowest BCUT2D eigenvalue weighted by Gasteiger charge is -2.10. The molecule has 2 N–H and O–H groups in total. The summed E-state index contributed by atoms with van der Waals surface area (Å²) >= 11 is 5.77. The van der Waals surface area contributed by atoms with E-state index >= 15 is 0 Å². The minimum Gasteiger partial charge on any atom is -0.377 e. The van der Waals surface area contributed by atoms with Gasteiger partial charge in [0.1, 0.15) is 0 Å². The summed E-state index contributed by atoms with van der Waals surface area (Å²) in [6.45, 7) is 1.86. The van der Waals surface area contributed by atoms with Gasteiger partial charge in [-0.05, 0) is 37.1 Å². The topological polar surface area (TPSA) is 50.4 Å². The normalized spacial score (nSPS) is 18.8. The molecular weight excluding hydrogens is 252 g/mol. The first kappa shape index (κ1) is 13.3. The smallest absolute Gasteiger partial charge is 0.238 e. The van der Waals surface area contributed by atoms with Crippen LogP contribution in [0.15, 0.2) is 24.3 Å². The van der Waals surface area contributed by atoms with Gasteiger partial charge >= 0.3 is 0 Å². The minimum absolute atomic E-state index is 0.0599. The highest BCUT2D eigenvalue weighted by molar-refractivity contribution is 6.30. The first-order valence-electron chi connectivity index (χ1n) is 6.12. The Morgan fingerprint density at radius 2 is 2.17 bits per heavy atom. The molecule has 1 unspecified atom stereocenters. The molecule has 1 fully saturated rings. The molecule has 1 saturated heterocycles. The van der Waals surface area contributed by atoms with Gasteiger partial charge in [-0.2, -0.15) is 0 Å². The number of nitrogens with one attached hydrogen (secondary N) is 2. The second kappa shape index (κ2) is 6.73. The van der Waals surface area contributed by atoms with Crippen molar-refractivity contribution >= 4 is 23.2 Å². The van der Waals surface area contributed by atoms with Gasteiger partial charge in [0, 0.05) is 23.9 Å². The maximum Gasteiger partial charge on any atom is 0.238 e. The van der Waals surface area contributed by atoms with E-state index in [4.69, 9.17) is 16.3 Å². The van der Waals surface area contributed by atoms with Crippen LogP contribution in [0, 0.1) is 0 Å². The maximum absolute atomic E-state index is 11.6. The first-order chi connectivity index (χ1) is 8.74. The lowest BCUT2D eigenvalue weighted by molar-refractivity contribution is -0.115. The van der Waals surface area contributed by atoms with Crippen molar-refractivity contribution in [2.45, 2.75) is 18.9 Å². The first-order valence-corrected chi connectivity index (χ1v) is 6.49. The molecule has 1 aromatic carbocycles. The average Bonchev–Trinajstić information content (AvgIpc) is 2.85. The fourth-order valence-electron chi connectivity index (χ4n) is 1.89. The zero-order valence-corrected chi connectivity index (χ0v) is 10.9. The molecule has 98 valence electrons. The summed E-state index contributed by atoms with van der Waals surface area (Å²) in [5, 5.41) is 6.55. The third-order valence-electron chi connectivity index (χ3n) is 2.81. The average molecular weight is 269 g/mol. The Kier molecular flexibility index (Phi) is 4.99. The van der Waals surface area contributed by atoms with E-state index in [0.29, 0.717) is 11.6 Å². The number of carbonyl (C=O) groups excluding carboxylic acids is 1. The van der Waals surface area contributed by atoms with E-state index in [9.17, 15) is 4.79 Å². The summed E-state index contributed by atoms with van der Waals surface area (Å²) < 4.78 is 5.46. The summed E-state index contributed by atoms with van der Waals surface area (Å²) in [5.74, 6) is -0.0599. The number of carbonyl (C=O) groups is 1. The molecule has 18 heavy (non-hydrogen) atoms. The van der Waals surface area contributed by atoms with E-state index in [2.05, 4.69) is 10.6 Å². The van der Waals surface area contributed by atoms with Crippen LogP contribution in [0.1, 0.15) is 12.8 Å². The molecular formula is C13H17ClN2O2. The molecule has 1 atom stereocenters. The lowest BCUT2D eigenvalue weighted by Crippen LogP contribution is -2.33. The molecule has 0 saturated carbocycles. The number of anilines is 1. The highest BCUT2D eigenvalue weighted by Gasteiger charge is 2.14. The number of rotatable bonds is 5. The number of hydrogen-bond acceptors (Lipinski definition) is 3. The van der Waals surface area contributed by atoms with Crippen molar-refractivity contribution in [3.8, 4) is 0 Å². The molecule has 1 aliphatic heterocycles. The van der Waals surface area contributed by atoms with Crippen LogP contribution in [0.4, 0.5) is 5.69 Å². The highest BCUT2D eigenvalue weighted by Crippen LogP contribution is 2.13. The van der Waals surface area contributed by atoms with E-state index < -0.39 is 0 Å². The molecule has 1 heterocycles. The zero-order valence-electron chi connectivity index (χ0n) is 10.1. The monoisotopic (exact) mass is 268 g/mol. The number of halogens is 1. The van der Waals surface area contributed by atoms with Crippen LogP contribution >= 0.6 is 11.6 Å². The zero-order chi connectivity index (χ0) is 12.8. The summed E-state index contributed by atoms with van der Waals surface area (Å²) in [4.78, 5) is 11.6. The molecule has 0 spiro atoms. The Morgan fingerprint density at radius 3 is 2.83 bits per heavy atom. The molecule has 2 rings (SSSR count). The molecule has 1 amide bonds. The molecule has 0 bridgehead atoms. The fourth-order valence-corrected chi connectivity index (χ4v) is 2.02. The van der Waals surface area contributed by atoms with Gasteiger partial charge < -0.3 is 15.4 Å². The SMILES string of the molecule is O=C(CNCC1CCCO1)Nc1ccc(Cl)cc1. The van der Waals surface area contributed by atoms with E-state index in [1.54, 1.807) is 24.3 Å². The van der Waals surface area contributed by atoms with Crippen molar-refractivity contribution in [2.75, 3.05) is 25.0 Å². The molecule has 0 aromatic heterocycles. The van der Waals surface area contributed by atoms with Crippen molar-refractivity contribution in [1.29, 1.82) is 0 Å². The van der Waals surface area contributed by atoms with Crippen molar-refractivity contribution in [2.24, 2.45) is 0 Å². The summed E-state index contributed by atoms with van der Waals surface area (Å²) in [6.07, 6.45) is 2.45. The largest absolute Gasteiger partial charge is 0.377 e. The minimum atomic E-state index is -0.0599. The molecule has 4 nitrogen and oxygen atoms in total. The summed E-state index contributed by atoms with van der Waals surface area (Å²) in [6, 6.07) is 7.05. The van der Waals surface area contributed by atoms with Gasteiger partial charge in [-0.3, -0.25) is 4.79 Å². The summed E-state index contributed by atoms with van der Waals surface area (Å²) in [7, 11) is 0. The number of ether oxygens (including phenoxy) is 1. The van der Waals surface area contributed by atoms with Crippen molar-refractivity contribution < 1.29 is 9.53 Å². The number of amides is 1. The molecule has 0 aliphatic carbocycles. The third-order valence-corrected chi connectivity index (χ3v) is 3.06. The Balaban J connectivity index is 1.66. The molecule has 1 aliphatic rings. The highest BCUT2D eigenvalue weighted by atomic mass is 35.5. The number of benzene rings is 1. The second-order valence-corrected chi connectivity index (χ2v) is 4.76. The predicted octanol–water partition coefficient (Wildman–Crippen LogP) is 2.05. The third kappa shape index (κ3) is 4.29. The summed E-state index contributed by atoms with van der Waals surface area (Å²) in [5.41, 5.74) is 0.753. The van der Waals surface area contributed by atoms with Gasteiger partial charge in [-0.15, -0.1) is 0 Å². The van der Waals surface area contributed by atoms with Gasteiger partial charge in [0.2, 0.25) is 5.91 Å². The second-order valence-electron chi connectivity index (χ2n) is 4.32. The standard InChI is InChI=1S/C13H17ClN2O2/c14-10-3-5-11(6-4-10)16-13(17)9-15-8-12-2-1-7-18-12/h3-6,12,15H,1-2,7-9H2,(H,16,17). The van der Waals surface area contributed by atoms with Gasteiger partial charge in [0.15, 0.2) is 0 Å². The van der Waals surface area contributed by atoms with E-state index in [-0.39, 0.29) is 12.0 Å². The van der Waals surface area contributed by atoms with Crippen LogP contribution in [0.3, 0.4) is 0 Å². The van der Waals surface area contributed by atoms with Gasteiger partial charge in [-0.1, -0.05) is 11.6 Å². The fraction of sp³-hybridized carbons (Fsp3) is 0.462. The van der Waals surface area contributed by atoms with Gasteiger partial charge in [0.25, 0.3) is 0 Å². The number of hydrogen-bond donors (Lipinski definition) is 2. The van der Waals surface area contributed by atoms with Crippen LogP contribution in [-0.2, 0) is 9.53 Å². The Labute approximate surface area is 112 Å². The van der Waals surface area contributed by atoms with Crippen LogP contribution in [0.25, 0.3) is 0 Å². The Hall–Kier alpha value is -1.10. The maximum atomic E-state index is 11.6. The van der Waals surface area contributed by atoms with Crippen LogP contribution in [-0.4, -0.2) is 31.7 Å². The van der Waals surface area contributed by atoms with Gasteiger partial charge in [0.05, 0.1) is 12.6 Å². The quantitative estimate of drug-likeness (QED) is 0.859. The van der Waals surface area contributed by atoms with Gasteiger partial charge in [-0.25, -0.2) is 0 Å². The van der Waals surface area contributed by atoms with Crippen molar-refractivity contribution in [3.05, 3.63) is 29.3 Å². The van der Waals surface area contributed by atoms with Crippen LogP contribution < -0.4 is 10.6 Å². The lowest BCUT2D eigenvalue weighted by atomic mass is 10.2. The molecule has 5 heteroatoms.